The number of hydrogen-bond donors (Lipinski definition) is 1. The Hall–Kier alpha value is -2.36. The third-order valence-electron chi connectivity index (χ3n) is 3.18. The van der Waals surface area contributed by atoms with Crippen molar-refractivity contribution in [2.45, 2.75) is 26.2 Å². The lowest BCUT2D eigenvalue weighted by Crippen LogP contribution is -2.14. The Balaban J connectivity index is 2.57. The van der Waals surface area contributed by atoms with Gasteiger partial charge in [0.05, 0.1) is 11.3 Å². The highest BCUT2D eigenvalue weighted by Crippen LogP contribution is 2.27. The van der Waals surface area contributed by atoms with Crippen molar-refractivity contribution < 1.29 is 9.90 Å². The fraction of sp³-hybridized carbons (Fsp3) is 0.294. The number of rotatable bonds is 3. The summed E-state index contributed by atoms with van der Waals surface area (Å²) in [7, 11) is 1.84. The molecule has 0 atom stereocenters. The van der Waals surface area contributed by atoms with Gasteiger partial charge in [-0.05, 0) is 11.6 Å². The maximum absolute atomic E-state index is 11.6. The molecule has 0 bridgehead atoms. The van der Waals surface area contributed by atoms with Crippen LogP contribution in [0.2, 0.25) is 0 Å². The molecule has 0 radical (unpaired) electrons. The van der Waals surface area contributed by atoms with Crippen LogP contribution < -0.4 is 0 Å². The number of hydrogen-bond acceptors (Lipinski definition) is 2. The van der Waals surface area contributed by atoms with Gasteiger partial charge in [0.1, 0.15) is 0 Å². The quantitative estimate of drug-likeness (QED) is 0.879. The molecule has 0 aliphatic rings. The van der Waals surface area contributed by atoms with Crippen LogP contribution >= 0.6 is 0 Å². The second-order valence-electron chi connectivity index (χ2n) is 6.09. The van der Waals surface area contributed by atoms with E-state index in [1.807, 2.05) is 31.4 Å². The Morgan fingerprint density at radius 2 is 1.86 bits per heavy atom. The maximum Gasteiger partial charge on any atom is 0.336 e. The van der Waals surface area contributed by atoms with Crippen LogP contribution in [0, 0.1) is 0 Å². The molecule has 0 saturated carbocycles. The molecule has 1 heterocycles. The minimum atomic E-state index is -0.940. The van der Waals surface area contributed by atoms with Crippen molar-refractivity contribution in [1.29, 1.82) is 0 Å². The van der Waals surface area contributed by atoms with Crippen molar-refractivity contribution in [2.75, 3.05) is 0 Å². The minimum Gasteiger partial charge on any atom is -0.478 e. The predicted molar refractivity (Wildman–Crippen MR) is 83.9 cm³/mol. The van der Waals surface area contributed by atoms with E-state index >= 15 is 0 Å². The molecule has 0 spiro atoms. The van der Waals surface area contributed by atoms with E-state index < -0.39 is 5.97 Å². The highest BCUT2D eigenvalue weighted by molar-refractivity contribution is 6.20. The summed E-state index contributed by atoms with van der Waals surface area (Å²) in [5, 5.41) is 14.0. The highest BCUT2D eigenvalue weighted by Gasteiger charge is 2.22. The van der Waals surface area contributed by atoms with E-state index in [1.54, 1.807) is 22.9 Å². The molecule has 110 valence electrons. The second-order valence-corrected chi connectivity index (χ2v) is 6.09. The summed E-state index contributed by atoms with van der Waals surface area (Å²) in [5.41, 5.74) is 2.54. The van der Waals surface area contributed by atoms with Crippen LogP contribution in [0.5, 0.6) is 0 Å². The molecule has 2 aromatic rings. The monoisotopic (exact) mass is 284 g/mol. The maximum atomic E-state index is 11.6. The Morgan fingerprint density at radius 3 is 2.38 bits per heavy atom. The van der Waals surface area contributed by atoms with Crippen molar-refractivity contribution in [2.24, 2.45) is 7.05 Å². The van der Waals surface area contributed by atoms with Crippen molar-refractivity contribution in [1.82, 2.24) is 9.78 Å². The van der Waals surface area contributed by atoms with E-state index in [4.69, 9.17) is 0 Å². The third-order valence-corrected chi connectivity index (χ3v) is 3.18. The zero-order valence-corrected chi connectivity index (χ0v) is 12.8. The van der Waals surface area contributed by atoms with Crippen LogP contribution in [-0.2, 0) is 17.3 Å². The van der Waals surface area contributed by atoms with Gasteiger partial charge < -0.3 is 5.11 Å². The van der Waals surface area contributed by atoms with Crippen LogP contribution in [0.15, 0.2) is 36.5 Å². The summed E-state index contributed by atoms with van der Waals surface area (Å²) in [6, 6.07) is 9.13. The first-order valence-corrected chi connectivity index (χ1v) is 6.83. The van der Waals surface area contributed by atoms with E-state index in [9.17, 15) is 9.90 Å². The number of carboxylic acids is 1. The van der Waals surface area contributed by atoms with E-state index in [-0.39, 0.29) is 11.0 Å². The van der Waals surface area contributed by atoms with Gasteiger partial charge in [0.25, 0.3) is 0 Å². The van der Waals surface area contributed by atoms with E-state index in [2.05, 4.69) is 25.9 Å². The average Bonchev–Trinajstić information content (AvgIpc) is 2.78. The van der Waals surface area contributed by atoms with Crippen molar-refractivity contribution in [3.63, 3.8) is 0 Å². The average molecular weight is 284 g/mol. The van der Waals surface area contributed by atoms with Crippen LogP contribution in [0.1, 0.15) is 37.6 Å². The van der Waals surface area contributed by atoms with E-state index in [0.717, 1.165) is 11.3 Å². The molecule has 0 fully saturated rings. The number of nitrogens with zero attached hydrogens (tertiary/aromatic N) is 2. The summed E-state index contributed by atoms with van der Waals surface area (Å²) in [5.74, 6) is -0.940. The summed E-state index contributed by atoms with van der Waals surface area (Å²) in [6.07, 6.45) is 3.55. The molecule has 0 aliphatic heterocycles. The number of carboxylic acid groups (broad SMARTS) is 1. The molecule has 21 heavy (non-hydrogen) atoms. The number of benzene rings is 1. The standard InChI is InChI=1S/C17H20N2O2/c1-17(2,3)15-13(11-19(4)18-15)10-14(16(20)21)12-8-6-5-7-9-12/h5-11H,1-4H3,(H,20,21)/b14-10+. The molecule has 1 aromatic carbocycles. The largest absolute Gasteiger partial charge is 0.478 e. The summed E-state index contributed by atoms with van der Waals surface area (Å²) >= 11 is 0. The van der Waals surface area contributed by atoms with Crippen LogP contribution in [-0.4, -0.2) is 20.9 Å². The summed E-state index contributed by atoms with van der Waals surface area (Å²) in [4.78, 5) is 11.6. The molecule has 4 nitrogen and oxygen atoms in total. The van der Waals surface area contributed by atoms with Gasteiger partial charge in [0.15, 0.2) is 0 Å². The number of aryl methyl sites for hydroxylation is 1. The number of carbonyl (C=O) groups is 1. The van der Waals surface area contributed by atoms with Gasteiger partial charge in [0, 0.05) is 24.2 Å². The van der Waals surface area contributed by atoms with Gasteiger partial charge in [-0.3, -0.25) is 4.68 Å². The van der Waals surface area contributed by atoms with Gasteiger partial charge >= 0.3 is 5.97 Å². The Kier molecular flexibility index (Phi) is 3.98. The molecule has 0 saturated heterocycles. The lowest BCUT2D eigenvalue weighted by molar-refractivity contribution is -0.130. The molecule has 0 amide bonds. The smallest absolute Gasteiger partial charge is 0.336 e. The summed E-state index contributed by atoms with van der Waals surface area (Å²) < 4.78 is 1.72. The van der Waals surface area contributed by atoms with Gasteiger partial charge in [-0.1, -0.05) is 51.1 Å². The van der Waals surface area contributed by atoms with Crippen LogP contribution in [0.25, 0.3) is 11.6 Å². The van der Waals surface area contributed by atoms with Crippen LogP contribution in [0.4, 0.5) is 0 Å². The zero-order chi connectivity index (χ0) is 15.6. The molecule has 0 unspecified atom stereocenters. The highest BCUT2D eigenvalue weighted by atomic mass is 16.4. The first-order valence-electron chi connectivity index (χ1n) is 6.83. The SMILES string of the molecule is Cn1cc(/C=C(/C(=O)O)c2ccccc2)c(C(C)(C)C)n1. The fourth-order valence-corrected chi connectivity index (χ4v) is 2.24. The van der Waals surface area contributed by atoms with Gasteiger partial charge in [-0.15, -0.1) is 0 Å². The predicted octanol–water partition coefficient (Wildman–Crippen LogP) is 3.34. The Bertz CT molecular complexity index is 677. The topological polar surface area (TPSA) is 55.1 Å². The second kappa shape index (κ2) is 5.56. The molecule has 1 N–H and O–H groups in total. The van der Waals surface area contributed by atoms with Crippen LogP contribution in [0.3, 0.4) is 0 Å². The van der Waals surface area contributed by atoms with Crippen molar-refractivity contribution in [3.05, 3.63) is 53.3 Å². The van der Waals surface area contributed by atoms with E-state index in [1.165, 1.54) is 0 Å². The summed E-state index contributed by atoms with van der Waals surface area (Å²) in [6.45, 7) is 6.20. The van der Waals surface area contributed by atoms with Gasteiger partial charge in [-0.2, -0.15) is 5.10 Å². The van der Waals surface area contributed by atoms with Gasteiger partial charge in [-0.25, -0.2) is 4.79 Å². The molecule has 2 rings (SSSR count). The fourth-order valence-electron chi connectivity index (χ4n) is 2.24. The molecular weight excluding hydrogens is 264 g/mol. The lowest BCUT2D eigenvalue weighted by Gasteiger charge is -2.16. The molecule has 4 heteroatoms. The number of aromatic nitrogens is 2. The third kappa shape index (κ3) is 3.40. The molecule has 0 aliphatic carbocycles. The van der Waals surface area contributed by atoms with Crippen molar-refractivity contribution in [3.8, 4) is 0 Å². The minimum absolute atomic E-state index is 0.145. The Labute approximate surface area is 124 Å². The van der Waals surface area contributed by atoms with Crippen molar-refractivity contribution >= 4 is 17.6 Å². The number of aliphatic carboxylic acids is 1. The van der Waals surface area contributed by atoms with Gasteiger partial charge in [0.2, 0.25) is 0 Å². The normalized spacial score (nSPS) is 12.5. The Morgan fingerprint density at radius 1 is 1.24 bits per heavy atom. The first kappa shape index (κ1) is 15.0. The zero-order valence-electron chi connectivity index (χ0n) is 12.8. The molecule has 1 aromatic heterocycles. The first-order chi connectivity index (χ1) is 9.79. The molecular formula is C17H20N2O2. The van der Waals surface area contributed by atoms with E-state index in [0.29, 0.717) is 5.56 Å². The lowest BCUT2D eigenvalue weighted by atomic mass is 9.88.